The van der Waals surface area contributed by atoms with Crippen LogP contribution in [0.4, 0.5) is 15.8 Å². The molecule has 20 heavy (non-hydrogen) atoms. The predicted octanol–water partition coefficient (Wildman–Crippen LogP) is 3.08. The maximum atomic E-state index is 12.7. The van der Waals surface area contributed by atoms with Gasteiger partial charge in [0.05, 0.1) is 10.7 Å². The van der Waals surface area contributed by atoms with E-state index in [-0.39, 0.29) is 18.3 Å². The third-order valence-corrected chi connectivity index (χ3v) is 2.76. The van der Waals surface area contributed by atoms with Crippen molar-refractivity contribution in [2.45, 2.75) is 0 Å². The smallest absolute Gasteiger partial charge is 0.262 e. The monoisotopic (exact) mass is 294 g/mol. The Kier molecular flexibility index (Phi) is 4.42. The van der Waals surface area contributed by atoms with Gasteiger partial charge in [0.1, 0.15) is 11.6 Å². The molecule has 0 heterocycles. The normalized spacial score (nSPS) is 10.1. The molecule has 0 aliphatic rings. The van der Waals surface area contributed by atoms with E-state index in [1.807, 2.05) is 0 Å². The Hall–Kier alpha value is -2.27. The van der Waals surface area contributed by atoms with Gasteiger partial charge in [-0.2, -0.15) is 0 Å². The van der Waals surface area contributed by atoms with E-state index in [2.05, 4.69) is 5.32 Å². The van der Waals surface area contributed by atoms with Gasteiger partial charge >= 0.3 is 0 Å². The second-order valence-corrected chi connectivity index (χ2v) is 4.44. The van der Waals surface area contributed by atoms with Crippen LogP contribution in [0.3, 0.4) is 0 Å². The number of carbonyl (C=O) groups excluding carboxylic acids is 1. The molecule has 3 N–H and O–H groups in total. The molecule has 2 rings (SSSR count). The van der Waals surface area contributed by atoms with Crippen molar-refractivity contribution in [3.8, 4) is 5.75 Å². The molecule has 0 aliphatic heterocycles. The number of carbonyl (C=O) groups is 1. The number of hydrogen-bond acceptors (Lipinski definition) is 3. The molecule has 2 aromatic carbocycles. The zero-order valence-corrected chi connectivity index (χ0v) is 11.2. The number of anilines is 2. The SMILES string of the molecule is Nc1ccc(NC(=O)COc2ccc(F)cc2)c(Cl)c1. The van der Waals surface area contributed by atoms with Gasteiger partial charge in [-0.1, -0.05) is 11.6 Å². The van der Waals surface area contributed by atoms with Crippen LogP contribution in [0.2, 0.25) is 5.02 Å². The van der Waals surface area contributed by atoms with Crippen LogP contribution >= 0.6 is 11.6 Å². The molecule has 0 bridgehead atoms. The average molecular weight is 295 g/mol. The van der Waals surface area contributed by atoms with Crippen molar-refractivity contribution in [1.29, 1.82) is 0 Å². The average Bonchev–Trinajstić information content (AvgIpc) is 2.41. The fourth-order valence-corrected chi connectivity index (χ4v) is 1.73. The molecule has 0 saturated heterocycles. The number of nitrogens with two attached hydrogens (primary N) is 1. The summed E-state index contributed by atoms with van der Waals surface area (Å²) < 4.78 is 17.9. The van der Waals surface area contributed by atoms with E-state index in [4.69, 9.17) is 22.1 Å². The van der Waals surface area contributed by atoms with Gasteiger partial charge in [-0.25, -0.2) is 4.39 Å². The summed E-state index contributed by atoms with van der Waals surface area (Å²) in [6.45, 7) is -0.202. The Morgan fingerprint density at radius 2 is 1.95 bits per heavy atom. The molecule has 0 aliphatic carbocycles. The van der Waals surface area contributed by atoms with Crippen molar-refractivity contribution in [3.63, 3.8) is 0 Å². The lowest BCUT2D eigenvalue weighted by atomic mass is 10.3. The first kappa shape index (κ1) is 14.1. The number of ether oxygens (including phenoxy) is 1. The minimum Gasteiger partial charge on any atom is -0.484 e. The lowest BCUT2D eigenvalue weighted by Gasteiger charge is -2.09. The van der Waals surface area contributed by atoms with Crippen molar-refractivity contribution < 1.29 is 13.9 Å². The summed E-state index contributed by atoms with van der Waals surface area (Å²) in [6.07, 6.45) is 0. The van der Waals surface area contributed by atoms with Crippen LogP contribution in [0.25, 0.3) is 0 Å². The van der Waals surface area contributed by atoms with E-state index < -0.39 is 0 Å². The van der Waals surface area contributed by atoms with Crippen molar-refractivity contribution in [2.75, 3.05) is 17.7 Å². The van der Waals surface area contributed by atoms with E-state index >= 15 is 0 Å². The molecule has 6 heteroatoms. The first-order chi connectivity index (χ1) is 9.54. The highest BCUT2D eigenvalue weighted by atomic mass is 35.5. The minimum atomic E-state index is -0.374. The first-order valence-electron chi connectivity index (χ1n) is 5.78. The molecule has 0 aromatic heterocycles. The summed E-state index contributed by atoms with van der Waals surface area (Å²) in [7, 11) is 0. The molecule has 0 saturated carbocycles. The molecule has 0 radical (unpaired) electrons. The number of nitrogens with one attached hydrogen (secondary N) is 1. The lowest BCUT2D eigenvalue weighted by Crippen LogP contribution is -2.20. The summed E-state index contributed by atoms with van der Waals surface area (Å²) in [6, 6.07) is 10.2. The van der Waals surface area contributed by atoms with Crippen LogP contribution < -0.4 is 15.8 Å². The number of halogens is 2. The Morgan fingerprint density at radius 1 is 1.25 bits per heavy atom. The van der Waals surface area contributed by atoms with E-state index in [1.165, 1.54) is 30.3 Å². The quantitative estimate of drug-likeness (QED) is 0.852. The van der Waals surface area contributed by atoms with Crippen LogP contribution in [0.15, 0.2) is 42.5 Å². The lowest BCUT2D eigenvalue weighted by molar-refractivity contribution is -0.118. The fourth-order valence-electron chi connectivity index (χ4n) is 1.50. The number of hydrogen-bond donors (Lipinski definition) is 2. The zero-order valence-electron chi connectivity index (χ0n) is 10.4. The van der Waals surface area contributed by atoms with Gasteiger partial charge in [0.15, 0.2) is 6.61 Å². The van der Waals surface area contributed by atoms with E-state index in [0.29, 0.717) is 22.1 Å². The second-order valence-electron chi connectivity index (χ2n) is 4.03. The van der Waals surface area contributed by atoms with Crippen molar-refractivity contribution in [2.24, 2.45) is 0 Å². The topological polar surface area (TPSA) is 64.3 Å². The number of rotatable bonds is 4. The minimum absolute atomic E-state index is 0.202. The second kappa shape index (κ2) is 6.25. The summed E-state index contributed by atoms with van der Waals surface area (Å²) in [5.74, 6) is -0.332. The van der Waals surface area contributed by atoms with Crippen LogP contribution in [0.5, 0.6) is 5.75 Å². The zero-order chi connectivity index (χ0) is 14.5. The summed E-state index contributed by atoms with van der Waals surface area (Å²) in [5.41, 5.74) is 6.51. The third-order valence-electron chi connectivity index (χ3n) is 2.45. The van der Waals surface area contributed by atoms with Gasteiger partial charge in [-0.15, -0.1) is 0 Å². The molecular weight excluding hydrogens is 283 g/mol. The van der Waals surface area contributed by atoms with Gasteiger partial charge in [0.25, 0.3) is 5.91 Å². The van der Waals surface area contributed by atoms with Gasteiger partial charge in [0.2, 0.25) is 0 Å². The third kappa shape index (κ3) is 3.86. The van der Waals surface area contributed by atoms with Crippen molar-refractivity contribution >= 4 is 28.9 Å². The summed E-state index contributed by atoms with van der Waals surface area (Å²) in [4.78, 5) is 11.7. The maximum absolute atomic E-state index is 12.7. The molecule has 0 fully saturated rings. The summed E-state index contributed by atoms with van der Waals surface area (Å²) in [5, 5.41) is 2.94. The molecule has 1 amide bonds. The van der Waals surface area contributed by atoms with Gasteiger partial charge in [-0.05, 0) is 42.5 Å². The largest absolute Gasteiger partial charge is 0.484 e. The Balaban J connectivity index is 1.90. The van der Waals surface area contributed by atoms with Crippen molar-refractivity contribution in [1.82, 2.24) is 0 Å². The fraction of sp³-hybridized carbons (Fsp3) is 0.0714. The van der Waals surface area contributed by atoms with Crippen molar-refractivity contribution in [3.05, 3.63) is 53.3 Å². The van der Waals surface area contributed by atoms with E-state index in [9.17, 15) is 9.18 Å². The molecule has 0 atom stereocenters. The molecule has 0 spiro atoms. The standard InChI is InChI=1S/C14H12ClFN2O2/c15-12-7-10(17)3-6-13(12)18-14(19)8-20-11-4-1-9(16)2-5-11/h1-7H,8,17H2,(H,18,19). The first-order valence-corrected chi connectivity index (χ1v) is 6.15. The maximum Gasteiger partial charge on any atom is 0.262 e. The van der Waals surface area contributed by atoms with Gasteiger partial charge in [-0.3, -0.25) is 4.79 Å². The Bertz CT molecular complexity index is 617. The Morgan fingerprint density at radius 3 is 2.60 bits per heavy atom. The number of benzene rings is 2. The predicted molar refractivity (Wildman–Crippen MR) is 76.4 cm³/mol. The van der Waals surface area contributed by atoms with Gasteiger partial charge in [0, 0.05) is 5.69 Å². The Labute approximate surface area is 120 Å². The van der Waals surface area contributed by atoms with Crippen LogP contribution in [0, 0.1) is 5.82 Å². The summed E-state index contributed by atoms with van der Waals surface area (Å²) >= 11 is 5.93. The van der Waals surface area contributed by atoms with E-state index in [0.717, 1.165) is 0 Å². The van der Waals surface area contributed by atoms with Gasteiger partial charge < -0.3 is 15.8 Å². The van der Waals surface area contributed by atoms with E-state index in [1.54, 1.807) is 12.1 Å². The highest BCUT2D eigenvalue weighted by Gasteiger charge is 2.07. The molecule has 4 nitrogen and oxygen atoms in total. The van der Waals surface area contributed by atoms with Crippen LogP contribution in [-0.2, 0) is 4.79 Å². The highest BCUT2D eigenvalue weighted by molar-refractivity contribution is 6.34. The van der Waals surface area contributed by atoms with Crippen LogP contribution in [-0.4, -0.2) is 12.5 Å². The number of nitrogen functional groups attached to an aromatic ring is 1. The molecular formula is C14H12ClFN2O2. The molecule has 2 aromatic rings. The highest BCUT2D eigenvalue weighted by Crippen LogP contribution is 2.23. The molecule has 104 valence electrons. The number of amides is 1. The van der Waals surface area contributed by atoms with Crippen LogP contribution in [0.1, 0.15) is 0 Å². The molecule has 0 unspecified atom stereocenters.